The highest BCUT2D eigenvalue weighted by atomic mass is 32.1. The Morgan fingerprint density at radius 3 is 2.80 bits per heavy atom. The lowest BCUT2D eigenvalue weighted by Crippen LogP contribution is -2.32. The standard InChI is InChI=1S/C16H18N2OS/c1-11-14-7-9-20-15(14)6-8-18(11)10-12-2-4-13(5-3-12)16(17)19/h2-5,7,9,11H,6,8,10H2,1H3,(H2,17,19)/t11-/m1/s1. The maximum absolute atomic E-state index is 11.1. The van der Waals surface area contributed by atoms with Crippen LogP contribution < -0.4 is 5.73 Å². The van der Waals surface area contributed by atoms with Gasteiger partial charge in [-0.05, 0) is 48.1 Å². The number of primary amides is 1. The first-order chi connectivity index (χ1) is 9.65. The lowest BCUT2D eigenvalue weighted by molar-refractivity contribution is 0.1000. The Balaban J connectivity index is 1.74. The van der Waals surface area contributed by atoms with Crippen LogP contribution in [0, 0.1) is 0 Å². The molecule has 2 N–H and O–H groups in total. The molecule has 0 aliphatic carbocycles. The predicted octanol–water partition coefficient (Wildman–Crippen LogP) is 2.97. The van der Waals surface area contributed by atoms with E-state index in [1.165, 1.54) is 16.0 Å². The minimum Gasteiger partial charge on any atom is -0.366 e. The average molecular weight is 286 g/mol. The monoisotopic (exact) mass is 286 g/mol. The number of fused-ring (bicyclic) bond motifs is 1. The van der Waals surface area contributed by atoms with Gasteiger partial charge in [0.05, 0.1) is 0 Å². The number of nitrogens with two attached hydrogens (primary N) is 1. The molecule has 1 aliphatic heterocycles. The average Bonchev–Trinajstić information content (AvgIpc) is 2.92. The summed E-state index contributed by atoms with van der Waals surface area (Å²) >= 11 is 1.86. The lowest BCUT2D eigenvalue weighted by Gasteiger charge is -2.33. The molecule has 0 spiro atoms. The Morgan fingerprint density at radius 2 is 2.10 bits per heavy atom. The summed E-state index contributed by atoms with van der Waals surface area (Å²) in [6.07, 6.45) is 1.14. The van der Waals surface area contributed by atoms with Crippen LogP contribution >= 0.6 is 11.3 Å². The quantitative estimate of drug-likeness (QED) is 0.943. The van der Waals surface area contributed by atoms with Gasteiger partial charge in [-0.15, -0.1) is 11.3 Å². The molecule has 1 amide bonds. The molecule has 0 saturated heterocycles. The summed E-state index contributed by atoms with van der Waals surface area (Å²) in [6.45, 7) is 4.27. The lowest BCUT2D eigenvalue weighted by atomic mass is 10.0. The van der Waals surface area contributed by atoms with Gasteiger partial charge in [0.1, 0.15) is 0 Å². The van der Waals surface area contributed by atoms with Gasteiger partial charge in [-0.25, -0.2) is 0 Å². The van der Waals surface area contributed by atoms with Crippen LogP contribution in [0.15, 0.2) is 35.7 Å². The predicted molar refractivity (Wildman–Crippen MR) is 81.8 cm³/mol. The van der Waals surface area contributed by atoms with E-state index < -0.39 is 0 Å². The normalized spacial score (nSPS) is 18.8. The molecule has 1 aromatic heterocycles. The summed E-state index contributed by atoms with van der Waals surface area (Å²) in [5.74, 6) is -0.370. The smallest absolute Gasteiger partial charge is 0.248 e. The van der Waals surface area contributed by atoms with Crippen molar-refractivity contribution in [3.8, 4) is 0 Å². The number of rotatable bonds is 3. The van der Waals surface area contributed by atoms with E-state index in [2.05, 4.69) is 23.3 Å². The van der Waals surface area contributed by atoms with Gasteiger partial charge in [-0.1, -0.05) is 12.1 Å². The number of carbonyl (C=O) groups is 1. The van der Waals surface area contributed by atoms with Crippen LogP contribution in [0.2, 0.25) is 0 Å². The second-order valence-electron chi connectivity index (χ2n) is 5.26. The Hall–Kier alpha value is -1.65. The Bertz CT molecular complexity index is 618. The number of thiophene rings is 1. The van der Waals surface area contributed by atoms with Gasteiger partial charge in [0.25, 0.3) is 0 Å². The van der Waals surface area contributed by atoms with Crippen molar-refractivity contribution >= 4 is 17.2 Å². The summed E-state index contributed by atoms with van der Waals surface area (Å²) in [4.78, 5) is 15.1. The molecule has 1 aliphatic rings. The van der Waals surface area contributed by atoms with Crippen LogP contribution in [0.4, 0.5) is 0 Å². The summed E-state index contributed by atoms with van der Waals surface area (Å²) in [5, 5.41) is 2.19. The van der Waals surface area contributed by atoms with Gasteiger partial charge >= 0.3 is 0 Å². The van der Waals surface area contributed by atoms with Crippen LogP contribution in [0.1, 0.15) is 39.3 Å². The third-order valence-electron chi connectivity index (χ3n) is 4.03. The first-order valence-electron chi connectivity index (χ1n) is 6.84. The molecule has 2 aromatic rings. The maximum atomic E-state index is 11.1. The number of nitrogens with zero attached hydrogens (tertiary/aromatic N) is 1. The second kappa shape index (κ2) is 5.38. The van der Waals surface area contributed by atoms with E-state index in [0.717, 1.165) is 19.5 Å². The summed E-state index contributed by atoms with van der Waals surface area (Å²) in [6, 6.07) is 10.3. The van der Waals surface area contributed by atoms with Crippen molar-refractivity contribution in [2.45, 2.75) is 25.9 Å². The summed E-state index contributed by atoms with van der Waals surface area (Å²) in [5.41, 5.74) is 8.52. The van der Waals surface area contributed by atoms with Crippen molar-refractivity contribution in [2.75, 3.05) is 6.54 Å². The first kappa shape index (κ1) is 13.3. The molecule has 3 rings (SSSR count). The van der Waals surface area contributed by atoms with Gasteiger partial charge in [0.15, 0.2) is 0 Å². The first-order valence-corrected chi connectivity index (χ1v) is 7.72. The molecular weight excluding hydrogens is 268 g/mol. The zero-order chi connectivity index (χ0) is 14.1. The molecule has 104 valence electrons. The van der Waals surface area contributed by atoms with Crippen LogP contribution in [0.25, 0.3) is 0 Å². The summed E-state index contributed by atoms with van der Waals surface area (Å²) < 4.78 is 0. The van der Waals surface area contributed by atoms with Crippen LogP contribution in [-0.2, 0) is 13.0 Å². The maximum Gasteiger partial charge on any atom is 0.248 e. The molecule has 4 heteroatoms. The second-order valence-corrected chi connectivity index (χ2v) is 6.26. The van der Waals surface area contributed by atoms with Gasteiger partial charge in [0, 0.05) is 29.6 Å². The Labute approximate surface area is 123 Å². The largest absolute Gasteiger partial charge is 0.366 e. The van der Waals surface area contributed by atoms with E-state index >= 15 is 0 Å². The van der Waals surface area contributed by atoms with Crippen LogP contribution in [-0.4, -0.2) is 17.4 Å². The van der Waals surface area contributed by atoms with E-state index in [4.69, 9.17) is 5.73 Å². The summed E-state index contributed by atoms with van der Waals surface area (Å²) in [7, 11) is 0. The van der Waals surface area contributed by atoms with Crippen LogP contribution in [0.3, 0.4) is 0 Å². The topological polar surface area (TPSA) is 46.3 Å². The third-order valence-corrected chi connectivity index (χ3v) is 5.02. The third kappa shape index (κ3) is 2.49. The van der Waals surface area contributed by atoms with E-state index in [0.29, 0.717) is 11.6 Å². The minimum atomic E-state index is -0.370. The number of hydrogen-bond donors (Lipinski definition) is 1. The van der Waals surface area contributed by atoms with E-state index in [-0.39, 0.29) is 5.91 Å². The molecule has 0 radical (unpaired) electrons. The van der Waals surface area contributed by atoms with Gasteiger partial charge in [-0.2, -0.15) is 0 Å². The Kier molecular flexibility index (Phi) is 3.59. The molecule has 1 aromatic carbocycles. The molecular formula is C16H18N2OS. The van der Waals surface area contributed by atoms with E-state index in [1.54, 1.807) is 0 Å². The van der Waals surface area contributed by atoms with Gasteiger partial charge in [0.2, 0.25) is 5.91 Å². The van der Waals surface area contributed by atoms with E-state index in [1.807, 2.05) is 35.6 Å². The molecule has 0 saturated carbocycles. The van der Waals surface area contributed by atoms with Crippen molar-refractivity contribution in [2.24, 2.45) is 5.73 Å². The molecule has 2 heterocycles. The van der Waals surface area contributed by atoms with Crippen LogP contribution in [0.5, 0.6) is 0 Å². The van der Waals surface area contributed by atoms with Gasteiger partial charge < -0.3 is 5.73 Å². The van der Waals surface area contributed by atoms with Crippen molar-refractivity contribution in [3.63, 3.8) is 0 Å². The highest BCUT2D eigenvalue weighted by molar-refractivity contribution is 7.10. The van der Waals surface area contributed by atoms with Crippen molar-refractivity contribution in [1.82, 2.24) is 4.90 Å². The highest BCUT2D eigenvalue weighted by Gasteiger charge is 2.24. The fraction of sp³-hybridized carbons (Fsp3) is 0.312. The van der Waals surface area contributed by atoms with Crippen molar-refractivity contribution < 1.29 is 4.79 Å². The number of amides is 1. The number of carbonyl (C=O) groups excluding carboxylic acids is 1. The Morgan fingerprint density at radius 1 is 1.35 bits per heavy atom. The molecule has 0 unspecified atom stereocenters. The highest BCUT2D eigenvalue weighted by Crippen LogP contribution is 2.33. The number of hydrogen-bond acceptors (Lipinski definition) is 3. The molecule has 0 fully saturated rings. The molecule has 1 atom stereocenters. The van der Waals surface area contributed by atoms with Crippen molar-refractivity contribution in [1.29, 1.82) is 0 Å². The molecule has 20 heavy (non-hydrogen) atoms. The van der Waals surface area contributed by atoms with Crippen molar-refractivity contribution in [3.05, 3.63) is 57.3 Å². The fourth-order valence-electron chi connectivity index (χ4n) is 2.79. The number of benzene rings is 1. The molecule has 3 nitrogen and oxygen atoms in total. The zero-order valence-corrected chi connectivity index (χ0v) is 12.3. The minimum absolute atomic E-state index is 0.370. The van der Waals surface area contributed by atoms with Gasteiger partial charge in [-0.3, -0.25) is 9.69 Å². The fourth-order valence-corrected chi connectivity index (χ4v) is 3.75. The zero-order valence-electron chi connectivity index (χ0n) is 11.5. The molecule has 0 bridgehead atoms. The van der Waals surface area contributed by atoms with E-state index in [9.17, 15) is 4.79 Å². The SMILES string of the molecule is C[C@@H]1c2ccsc2CCN1Cc1ccc(C(N)=O)cc1.